The lowest BCUT2D eigenvalue weighted by atomic mass is 9.82. The van der Waals surface area contributed by atoms with Crippen LogP contribution in [-0.4, -0.2) is 66.4 Å². The van der Waals surface area contributed by atoms with Crippen LogP contribution in [0.2, 0.25) is 0 Å². The summed E-state index contributed by atoms with van der Waals surface area (Å²) in [6, 6.07) is 0. The average Bonchev–Trinajstić information content (AvgIpc) is 3.09. The number of carboxylic acids is 1. The summed E-state index contributed by atoms with van der Waals surface area (Å²) in [6.07, 6.45) is 0.558. The zero-order valence-electron chi connectivity index (χ0n) is 12.8. The second-order valence-electron chi connectivity index (χ2n) is 6.52. The van der Waals surface area contributed by atoms with Crippen molar-refractivity contribution in [2.75, 3.05) is 26.3 Å². The fraction of sp³-hybridized carbons (Fsp3) is 0.733. The Hall–Kier alpha value is -1.80. The largest absolute Gasteiger partial charge is 0.478 e. The Balaban J connectivity index is 1.52. The molecular formula is C15H19NO7. The third kappa shape index (κ3) is 2.28. The monoisotopic (exact) mass is 325 g/mol. The van der Waals surface area contributed by atoms with Crippen molar-refractivity contribution in [1.82, 2.24) is 4.90 Å². The van der Waals surface area contributed by atoms with E-state index in [4.69, 9.17) is 18.9 Å². The molecule has 126 valence electrons. The van der Waals surface area contributed by atoms with Gasteiger partial charge in [-0.3, -0.25) is 0 Å². The maximum atomic E-state index is 12.3. The molecule has 3 aliphatic heterocycles. The van der Waals surface area contributed by atoms with Crippen molar-refractivity contribution < 1.29 is 33.6 Å². The summed E-state index contributed by atoms with van der Waals surface area (Å²) in [4.78, 5) is 25.2. The molecule has 4 aliphatic rings. The first-order valence-electron chi connectivity index (χ1n) is 7.80. The zero-order valence-corrected chi connectivity index (χ0v) is 12.8. The minimum absolute atomic E-state index is 0.00605. The van der Waals surface area contributed by atoms with Gasteiger partial charge in [-0.2, -0.15) is 0 Å². The highest BCUT2D eigenvalue weighted by molar-refractivity contribution is 5.87. The molecule has 1 saturated carbocycles. The number of morpholine rings is 1. The number of aliphatic carboxylic acids is 1. The molecule has 8 heteroatoms. The number of amides is 1. The van der Waals surface area contributed by atoms with Crippen LogP contribution >= 0.6 is 0 Å². The van der Waals surface area contributed by atoms with Gasteiger partial charge in [-0.15, -0.1) is 0 Å². The Kier molecular flexibility index (Phi) is 3.28. The first-order chi connectivity index (χ1) is 11.0. The molecule has 0 aromatic carbocycles. The van der Waals surface area contributed by atoms with Gasteiger partial charge in [-0.05, 0) is 13.3 Å². The Labute approximate surface area is 132 Å². The zero-order chi connectivity index (χ0) is 16.2. The lowest BCUT2D eigenvalue weighted by Crippen LogP contribution is -2.47. The van der Waals surface area contributed by atoms with Gasteiger partial charge in [0.2, 0.25) is 0 Å². The minimum Gasteiger partial charge on any atom is -0.478 e. The van der Waals surface area contributed by atoms with E-state index in [1.54, 1.807) is 4.90 Å². The van der Waals surface area contributed by atoms with Crippen LogP contribution in [0.5, 0.6) is 0 Å². The molecule has 0 radical (unpaired) electrons. The standard InChI is InChI=1S/C15H19NO7/c1-15-10(23-15)6-8-9(12(17)18)7-21-13(11(8)15)22-14(19)16-2-4-20-5-3-16/h7-8,10-11,13H,2-6H2,1H3,(H,17,18). The molecule has 1 N–H and O–H groups in total. The van der Waals surface area contributed by atoms with Crippen LogP contribution in [0.15, 0.2) is 11.8 Å². The number of carbonyl (C=O) groups is 2. The number of ether oxygens (including phenoxy) is 4. The maximum absolute atomic E-state index is 12.3. The number of nitrogens with zero attached hydrogens (tertiary/aromatic N) is 1. The van der Waals surface area contributed by atoms with Crippen LogP contribution in [0.25, 0.3) is 0 Å². The van der Waals surface area contributed by atoms with Gasteiger partial charge in [0.1, 0.15) is 5.60 Å². The molecule has 3 heterocycles. The van der Waals surface area contributed by atoms with Crippen LogP contribution in [0.3, 0.4) is 0 Å². The third-order valence-corrected chi connectivity index (χ3v) is 5.30. The molecule has 23 heavy (non-hydrogen) atoms. The smallest absolute Gasteiger partial charge is 0.413 e. The van der Waals surface area contributed by atoms with E-state index in [0.717, 1.165) is 0 Å². The molecule has 4 rings (SSSR count). The summed E-state index contributed by atoms with van der Waals surface area (Å²) >= 11 is 0. The van der Waals surface area contributed by atoms with Gasteiger partial charge in [0.25, 0.3) is 6.29 Å². The van der Waals surface area contributed by atoms with Crippen LogP contribution in [0.1, 0.15) is 13.3 Å². The van der Waals surface area contributed by atoms with Crippen LogP contribution in [0, 0.1) is 11.8 Å². The topological polar surface area (TPSA) is 97.8 Å². The quantitative estimate of drug-likeness (QED) is 0.741. The number of carboxylic acid groups (broad SMARTS) is 1. The predicted octanol–water partition coefficient (Wildman–Crippen LogP) is 0.574. The molecular weight excluding hydrogens is 306 g/mol. The lowest BCUT2D eigenvalue weighted by molar-refractivity contribution is -0.153. The molecule has 0 aromatic rings. The molecule has 0 bridgehead atoms. The molecule has 1 aliphatic carbocycles. The van der Waals surface area contributed by atoms with Gasteiger partial charge in [-0.1, -0.05) is 0 Å². The van der Waals surface area contributed by atoms with E-state index in [-0.39, 0.29) is 23.5 Å². The fourth-order valence-electron chi connectivity index (χ4n) is 3.95. The fourth-order valence-corrected chi connectivity index (χ4v) is 3.95. The number of epoxide rings is 1. The van der Waals surface area contributed by atoms with E-state index >= 15 is 0 Å². The molecule has 0 spiro atoms. The van der Waals surface area contributed by atoms with Crippen molar-refractivity contribution in [3.8, 4) is 0 Å². The molecule has 0 aromatic heterocycles. The van der Waals surface area contributed by atoms with Gasteiger partial charge in [0.15, 0.2) is 0 Å². The third-order valence-electron chi connectivity index (χ3n) is 5.30. The first kappa shape index (κ1) is 14.8. The summed E-state index contributed by atoms with van der Waals surface area (Å²) in [5, 5.41) is 9.32. The summed E-state index contributed by atoms with van der Waals surface area (Å²) in [7, 11) is 0. The number of carbonyl (C=O) groups excluding carboxylic acids is 1. The SMILES string of the molecule is CC12OC1CC1C(C(=O)O)=COC(OC(=O)N3CCOCC3)C12. The van der Waals surface area contributed by atoms with Gasteiger partial charge < -0.3 is 29.0 Å². The number of fused-ring (bicyclic) bond motifs is 3. The first-order valence-corrected chi connectivity index (χ1v) is 7.80. The molecule has 5 atom stereocenters. The molecule has 3 fully saturated rings. The Morgan fingerprint density at radius 3 is 2.83 bits per heavy atom. The highest BCUT2D eigenvalue weighted by atomic mass is 16.7. The van der Waals surface area contributed by atoms with E-state index in [1.807, 2.05) is 6.92 Å². The Morgan fingerprint density at radius 1 is 1.39 bits per heavy atom. The molecule has 8 nitrogen and oxygen atoms in total. The summed E-state index contributed by atoms with van der Waals surface area (Å²) in [6.45, 7) is 3.85. The van der Waals surface area contributed by atoms with Crippen molar-refractivity contribution in [1.29, 1.82) is 0 Å². The second kappa shape index (κ2) is 5.10. The van der Waals surface area contributed by atoms with Crippen LogP contribution in [-0.2, 0) is 23.7 Å². The van der Waals surface area contributed by atoms with E-state index in [0.29, 0.717) is 32.7 Å². The Bertz CT molecular complexity index is 570. The number of rotatable bonds is 2. The van der Waals surface area contributed by atoms with Gasteiger partial charge in [-0.25, -0.2) is 9.59 Å². The van der Waals surface area contributed by atoms with E-state index in [9.17, 15) is 14.7 Å². The van der Waals surface area contributed by atoms with Crippen molar-refractivity contribution in [2.24, 2.45) is 11.8 Å². The summed E-state index contributed by atoms with van der Waals surface area (Å²) in [5.41, 5.74) is -0.249. The average molecular weight is 325 g/mol. The summed E-state index contributed by atoms with van der Waals surface area (Å²) < 4.78 is 21.9. The van der Waals surface area contributed by atoms with Crippen molar-refractivity contribution in [2.45, 2.75) is 31.3 Å². The highest BCUT2D eigenvalue weighted by Crippen LogP contribution is 2.60. The van der Waals surface area contributed by atoms with Gasteiger partial charge in [0, 0.05) is 19.0 Å². The van der Waals surface area contributed by atoms with Crippen molar-refractivity contribution in [3.05, 3.63) is 11.8 Å². The molecule has 5 unspecified atom stereocenters. The number of hydrogen-bond acceptors (Lipinski definition) is 6. The van der Waals surface area contributed by atoms with E-state index in [2.05, 4.69) is 0 Å². The van der Waals surface area contributed by atoms with Crippen molar-refractivity contribution >= 4 is 12.1 Å². The van der Waals surface area contributed by atoms with Crippen molar-refractivity contribution in [3.63, 3.8) is 0 Å². The lowest BCUT2D eigenvalue weighted by Gasteiger charge is -2.36. The van der Waals surface area contributed by atoms with Gasteiger partial charge in [0.05, 0.1) is 37.1 Å². The van der Waals surface area contributed by atoms with E-state index in [1.165, 1.54) is 6.26 Å². The highest BCUT2D eigenvalue weighted by Gasteiger charge is 2.71. The van der Waals surface area contributed by atoms with Crippen LogP contribution in [0.4, 0.5) is 4.79 Å². The minimum atomic E-state index is -0.997. The second-order valence-corrected chi connectivity index (χ2v) is 6.52. The van der Waals surface area contributed by atoms with Gasteiger partial charge >= 0.3 is 12.1 Å². The predicted molar refractivity (Wildman–Crippen MR) is 74.3 cm³/mol. The Morgan fingerprint density at radius 2 is 2.13 bits per heavy atom. The van der Waals surface area contributed by atoms with Crippen LogP contribution < -0.4 is 0 Å². The summed E-state index contributed by atoms with van der Waals surface area (Å²) in [5.74, 6) is -1.51. The maximum Gasteiger partial charge on any atom is 0.413 e. The number of hydrogen-bond donors (Lipinski definition) is 1. The molecule has 2 saturated heterocycles. The molecule has 1 amide bonds. The normalized spacial score (nSPS) is 41.3. The van der Waals surface area contributed by atoms with E-state index < -0.39 is 24.0 Å².